The summed E-state index contributed by atoms with van der Waals surface area (Å²) in [6, 6.07) is 2.27. The van der Waals surface area contributed by atoms with Gasteiger partial charge in [0.25, 0.3) is 5.89 Å². The summed E-state index contributed by atoms with van der Waals surface area (Å²) >= 11 is 1.84. The highest BCUT2D eigenvalue weighted by molar-refractivity contribution is 7.15. The Bertz CT molecular complexity index is 552. The van der Waals surface area contributed by atoms with Gasteiger partial charge in [0, 0.05) is 11.3 Å². The van der Waals surface area contributed by atoms with E-state index in [1.165, 1.54) is 42.5 Å². The Morgan fingerprint density at radius 3 is 3.05 bits per heavy atom. The lowest BCUT2D eigenvalue weighted by atomic mass is 10.1. The zero-order valence-electron chi connectivity index (χ0n) is 12.7. The molecule has 0 atom stereocenters. The quantitative estimate of drug-likeness (QED) is 0.654. The van der Waals surface area contributed by atoms with Crippen LogP contribution >= 0.6 is 11.3 Å². The minimum absolute atomic E-state index is 0.700. The molecule has 0 spiro atoms. The summed E-state index contributed by atoms with van der Waals surface area (Å²) in [5.41, 5.74) is 1.50. The fourth-order valence-corrected chi connectivity index (χ4v) is 3.94. The van der Waals surface area contributed by atoms with Crippen molar-refractivity contribution >= 4 is 11.3 Å². The number of nitrogens with one attached hydrogen (secondary N) is 1. The number of rotatable bonds is 6. The second-order valence-corrected chi connectivity index (χ2v) is 6.71. The standard InChI is InChI=1S/C16H23N3OS/c1-2-17-10-6-9-15-18-19-16(20-15)14-11-12-7-4-3-5-8-13(12)21-14/h11,17H,2-10H2,1H3. The van der Waals surface area contributed by atoms with Gasteiger partial charge in [-0.3, -0.25) is 0 Å². The normalized spacial score (nSPS) is 14.9. The van der Waals surface area contributed by atoms with Crippen LogP contribution in [0.15, 0.2) is 10.5 Å². The minimum atomic E-state index is 0.700. The summed E-state index contributed by atoms with van der Waals surface area (Å²) in [5, 5.41) is 11.7. The summed E-state index contributed by atoms with van der Waals surface area (Å²) < 4.78 is 5.82. The van der Waals surface area contributed by atoms with Crippen LogP contribution in [-0.2, 0) is 19.3 Å². The molecule has 3 rings (SSSR count). The van der Waals surface area contributed by atoms with Crippen LogP contribution in [0.5, 0.6) is 0 Å². The van der Waals surface area contributed by atoms with Crippen LogP contribution in [0.1, 0.15) is 48.9 Å². The Morgan fingerprint density at radius 2 is 2.14 bits per heavy atom. The smallest absolute Gasteiger partial charge is 0.257 e. The van der Waals surface area contributed by atoms with E-state index in [1.807, 2.05) is 11.3 Å². The summed E-state index contributed by atoms with van der Waals surface area (Å²) in [6.07, 6.45) is 8.28. The van der Waals surface area contributed by atoms with Crippen LogP contribution in [0.25, 0.3) is 10.8 Å². The van der Waals surface area contributed by atoms with Crippen molar-refractivity contribution in [3.63, 3.8) is 0 Å². The van der Waals surface area contributed by atoms with E-state index >= 15 is 0 Å². The Hall–Kier alpha value is -1.20. The number of nitrogens with zero attached hydrogens (tertiary/aromatic N) is 2. The van der Waals surface area contributed by atoms with E-state index in [1.54, 1.807) is 0 Å². The number of fused-ring (bicyclic) bond motifs is 1. The first-order chi connectivity index (χ1) is 10.4. The minimum Gasteiger partial charge on any atom is -0.420 e. The molecule has 21 heavy (non-hydrogen) atoms. The number of hydrogen-bond acceptors (Lipinski definition) is 5. The van der Waals surface area contributed by atoms with E-state index in [9.17, 15) is 0 Å². The Labute approximate surface area is 130 Å². The van der Waals surface area contributed by atoms with Gasteiger partial charge in [-0.05, 0) is 56.8 Å². The van der Waals surface area contributed by atoms with Gasteiger partial charge in [0.1, 0.15) is 0 Å². The predicted octanol–water partition coefficient (Wildman–Crippen LogP) is 3.61. The van der Waals surface area contributed by atoms with E-state index in [2.05, 4.69) is 28.5 Å². The SMILES string of the molecule is CCNCCCc1nnc(-c2cc3c(s2)CCCCC3)o1. The fraction of sp³-hybridized carbons (Fsp3) is 0.625. The third-order valence-electron chi connectivity index (χ3n) is 3.92. The van der Waals surface area contributed by atoms with Crippen molar-refractivity contribution in [3.05, 3.63) is 22.4 Å². The highest BCUT2D eigenvalue weighted by Gasteiger charge is 2.16. The Kier molecular flexibility index (Phi) is 5.04. The van der Waals surface area contributed by atoms with E-state index in [4.69, 9.17) is 4.42 Å². The largest absolute Gasteiger partial charge is 0.420 e. The maximum absolute atomic E-state index is 5.82. The lowest BCUT2D eigenvalue weighted by Gasteiger charge is -1.97. The average Bonchev–Trinajstić information content (AvgIpc) is 3.06. The second-order valence-electron chi connectivity index (χ2n) is 5.58. The van der Waals surface area contributed by atoms with Gasteiger partial charge in [-0.25, -0.2) is 0 Å². The maximum Gasteiger partial charge on any atom is 0.257 e. The average molecular weight is 305 g/mol. The zero-order valence-corrected chi connectivity index (χ0v) is 13.5. The van der Waals surface area contributed by atoms with Gasteiger partial charge in [0.15, 0.2) is 0 Å². The summed E-state index contributed by atoms with van der Waals surface area (Å²) in [4.78, 5) is 2.67. The van der Waals surface area contributed by atoms with E-state index in [-0.39, 0.29) is 0 Å². The molecule has 0 aromatic carbocycles. The Morgan fingerprint density at radius 1 is 1.24 bits per heavy atom. The molecule has 5 heteroatoms. The van der Waals surface area contributed by atoms with E-state index < -0.39 is 0 Å². The molecule has 1 aliphatic rings. The molecule has 0 bridgehead atoms. The highest BCUT2D eigenvalue weighted by atomic mass is 32.1. The molecule has 2 aromatic rings. The molecule has 0 fully saturated rings. The number of thiophene rings is 1. The van der Waals surface area contributed by atoms with Crippen molar-refractivity contribution in [2.75, 3.05) is 13.1 Å². The molecule has 4 nitrogen and oxygen atoms in total. The van der Waals surface area contributed by atoms with Gasteiger partial charge in [-0.15, -0.1) is 21.5 Å². The summed E-state index contributed by atoms with van der Waals surface area (Å²) in [5.74, 6) is 1.46. The fourth-order valence-electron chi connectivity index (χ4n) is 2.77. The first-order valence-electron chi connectivity index (χ1n) is 8.02. The molecule has 0 aliphatic heterocycles. The van der Waals surface area contributed by atoms with E-state index in [0.717, 1.165) is 36.7 Å². The van der Waals surface area contributed by atoms with Gasteiger partial charge in [0.2, 0.25) is 5.89 Å². The lowest BCUT2D eigenvalue weighted by Crippen LogP contribution is -2.14. The summed E-state index contributed by atoms with van der Waals surface area (Å²) in [6.45, 7) is 4.13. The molecular formula is C16H23N3OS. The maximum atomic E-state index is 5.82. The number of aryl methyl sites for hydroxylation is 3. The molecule has 0 unspecified atom stereocenters. The van der Waals surface area contributed by atoms with Gasteiger partial charge in [-0.1, -0.05) is 13.3 Å². The molecule has 0 radical (unpaired) electrons. The van der Waals surface area contributed by atoms with Crippen LogP contribution in [0, 0.1) is 0 Å². The van der Waals surface area contributed by atoms with Crippen molar-refractivity contribution in [1.29, 1.82) is 0 Å². The topological polar surface area (TPSA) is 51.0 Å². The Balaban J connectivity index is 1.65. The highest BCUT2D eigenvalue weighted by Crippen LogP contribution is 2.34. The van der Waals surface area contributed by atoms with Gasteiger partial charge < -0.3 is 9.73 Å². The van der Waals surface area contributed by atoms with Crippen molar-refractivity contribution < 1.29 is 4.42 Å². The second kappa shape index (κ2) is 7.18. The molecule has 1 aliphatic carbocycles. The van der Waals surface area contributed by atoms with Crippen molar-refractivity contribution in [1.82, 2.24) is 15.5 Å². The molecular weight excluding hydrogens is 282 g/mol. The number of hydrogen-bond donors (Lipinski definition) is 1. The molecule has 0 amide bonds. The lowest BCUT2D eigenvalue weighted by molar-refractivity contribution is 0.493. The van der Waals surface area contributed by atoms with Crippen LogP contribution in [0.4, 0.5) is 0 Å². The molecule has 114 valence electrons. The monoisotopic (exact) mass is 305 g/mol. The van der Waals surface area contributed by atoms with Crippen LogP contribution in [-0.4, -0.2) is 23.3 Å². The van der Waals surface area contributed by atoms with Crippen molar-refractivity contribution in [3.8, 4) is 10.8 Å². The van der Waals surface area contributed by atoms with Gasteiger partial charge in [0.05, 0.1) is 4.88 Å². The molecule has 1 N–H and O–H groups in total. The third kappa shape index (κ3) is 3.71. The van der Waals surface area contributed by atoms with Crippen LogP contribution in [0.3, 0.4) is 0 Å². The van der Waals surface area contributed by atoms with Crippen LogP contribution < -0.4 is 5.32 Å². The third-order valence-corrected chi connectivity index (χ3v) is 5.14. The van der Waals surface area contributed by atoms with Crippen LogP contribution in [0.2, 0.25) is 0 Å². The first-order valence-corrected chi connectivity index (χ1v) is 8.83. The van der Waals surface area contributed by atoms with Gasteiger partial charge >= 0.3 is 0 Å². The number of aromatic nitrogens is 2. The summed E-state index contributed by atoms with van der Waals surface area (Å²) in [7, 11) is 0. The van der Waals surface area contributed by atoms with Crippen molar-refractivity contribution in [2.24, 2.45) is 0 Å². The predicted molar refractivity (Wildman–Crippen MR) is 85.7 cm³/mol. The van der Waals surface area contributed by atoms with Gasteiger partial charge in [-0.2, -0.15) is 0 Å². The van der Waals surface area contributed by atoms with E-state index in [0.29, 0.717) is 5.89 Å². The molecule has 2 aromatic heterocycles. The zero-order chi connectivity index (χ0) is 14.5. The first kappa shape index (κ1) is 14.7. The van der Waals surface area contributed by atoms with Crippen molar-refractivity contribution in [2.45, 2.75) is 51.9 Å². The molecule has 0 saturated carbocycles. The molecule has 2 heterocycles. The molecule has 0 saturated heterocycles.